The van der Waals surface area contributed by atoms with Gasteiger partial charge in [-0.15, -0.1) is 0 Å². The Balaban J connectivity index is 2.20. The van der Waals surface area contributed by atoms with E-state index in [-0.39, 0.29) is 5.91 Å². The highest BCUT2D eigenvalue weighted by Gasteiger charge is 1.99. The molecule has 0 atom stereocenters. The number of aromatic nitrogens is 3. The molecule has 0 aliphatic carbocycles. The van der Waals surface area contributed by atoms with Gasteiger partial charge in [-0.1, -0.05) is 0 Å². The summed E-state index contributed by atoms with van der Waals surface area (Å²) in [6, 6.07) is 0. The number of primary amides is 1. The van der Waals surface area contributed by atoms with E-state index in [2.05, 4.69) is 15.4 Å². The van der Waals surface area contributed by atoms with Crippen LogP contribution in [-0.4, -0.2) is 27.2 Å². The summed E-state index contributed by atoms with van der Waals surface area (Å²) in [7, 11) is 1.82. The van der Waals surface area contributed by atoms with Crippen LogP contribution in [0.4, 0.5) is 0 Å². The second-order valence-corrected chi connectivity index (χ2v) is 2.69. The first-order chi connectivity index (χ1) is 6.20. The van der Waals surface area contributed by atoms with Gasteiger partial charge in [-0.3, -0.25) is 9.48 Å². The van der Waals surface area contributed by atoms with Crippen LogP contribution in [0.1, 0.15) is 12.2 Å². The Bertz CT molecular complexity index is 282. The predicted octanol–water partition coefficient (Wildman–Crippen LogP) is -1.22. The monoisotopic (exact) mass is 183 g/mol. The molecule has 1 rings (SSSR count). The minimum absolute atomic E-state index is 0.300. The third kappa shape index (κ3) is 3.20. The fourth-order valence-corrected chi connectivity index (χ4v) is 0.892. The van der Waals surface area contributed by atoms with Crippen LogP contribution in [0.3, 0.4) is 0 Å². The van der Waals surface area contributed by atoms with E-state index in [9.17, 15) is 4.79 Å². The molecule has 1 aromatic rings. The quantitative estimate of drug-likeness (QED) is 0.560. The van der Waals surface area contributed by atoms with Crippen molar-refractivity contribution in [3.63, 3.8) is 0 Å². The fraction of sp³-hybridized carbons (Fsp3) is 0.571. The molecule has 0 saturated carbocycles. The van der Waals surface area contributed by atoms with E-state index in [1.54, 1.807) is 4.68 Å². The molecule has 1 amide bonds. The number of rotatable bonds is 5. The first kappa shape index (κ1) is 9.66. The summed E-state index contributed by atoms with van der Waals surface area (Å²) >= 11 is 0. The zero-order valence-electron chi connectivity index (χ0n) is 7.53. The van der Waals surface area contributed by atoms with Gasteiger partial charge in [-0.25, -0.2) is 4.98 Å². The fourth-order valence-electron chi connectivity index (χ4n) is 0.892. The van der Waals surface area contributed by atoms with E-state index in [4.69, 9.17) is 5.73 Å². The summed E-state index contributed by atoms with van der Waals surface area (Å²) in [5.41, 5.74) is 4.97. The topological polar surface area (TPSA) is 85.8 Å². The molecule has 6 nitrogen and oxygen atoms in total. The van der Waals surface area contributed by atoms with Gasteiger partial charge in [0.1, 0.15) is 12.2 Å². The number of hydrogen-bond acceptors (Lipinski definition) is 4. The Kier molecular flexibility index (Phi) is 3.39. The lowest BCUT2D eigenvalue weighted by atomic mass is 10.4. The number of nitrogens with zero attached hydrogens (tertiary/aromatic N) is 3. The van der Waals surface area contributed by atoms with Gasteiger partial charge in [-0.05, 0) is 0 Å². The van der Waals surface area contributed by atoms with E-state index in [0.717, 1.165) is 5.82 Å². The highest BCUT2D eigenvalue weighted by Crippen LogP contribution is 1.88. The lowest BCUT2D eigenvalue weighted by molar-refractivity contribution is -0.117. The molecule has 0 fully saturated rings. The predicted molar refractivity (Wildman–Crippen MR) is 46.5 cm³/mol. The average molecular weight is 183 g/mol. The molecule has 3 N–H and O–H groups in total. The van der Waals surface area contributed by atoms with E-state index >= 15 is 0 Å². The zero-order valence-corrected chi connectivity index (χ0v) is 7.53. The van der Waals surface area contributed by atoms with E-state index in [1.165, 1.54) is 6.33 Å². The normalized spacial score (nSPS) is 10.2. The number of nitrogens with two attached hydrogens (primary N) is 1. The van der Waals surface area contributed by atoms with Crippen molar-refractivity contribution < 1.29 is 4.79 Å². The Morgan fingerprint density at radius 1 is 1.77 bits per heavy atom. The number of carbonyl (C=O) groups excluding carboxylic acids is 1. The molecule has 0 aliphatic heterocycles. The Morgan fingerprint density at radius 2 is 2.54 bits per heavy atom. The molecule has 0 bridgehead atoms. The van der Waals surface area contributed by atoms with Gasteiger partial charge < -0.3 is 11.1 Å². The highest BCUT2D eigenvalue weighted by molar-refractivity contribution is 5.73. The first-order valence-electron chi connectivity index (χ1n) is 4.02. The van der Waals surface area contributed by atoms with Gasteiger partial charge in [0.05, 0.1) is 6.54 Å². The summed E-state index contributed by atoms with van der Waals surface area (Å²) in [5.74, 6) is 0.537. The Hall–Kier alpha value is -1.43. The average Bonchev–Trinajstić information content (AvgIpc) is 2.45. The second-order valence-electron chi connectivity index (χ2n) is 2.69. The van der Waals surface area contributed by atoms with Crippen LogP contribution in [0.15, 0.2) is 6.33 Å². The largest absolute Gasteiger partial charge is 0.370 e. The van der Waals surface area contributed by atoms with Crippen molar-refractivity contribution in [3.8, 4) is 0 Å². The number of hydrogen-bond donors (Lipinski definition) is 2. The zero-order chi connectivity index (χ0) is 9.68. The molecule has 72 valence electrons. The van der Waals surface area contributed by atoms with Gasteiger partial charge in [0.25, 0.3) is 0 Å². The van der Waals surface area contributed by atoms with E-state index in [0.29, 0.717) is 19.5 Å². The number of carbonyl (C=O) groups is 1. The molecule has 0 saturated heterocycles. The molecular formula is C7H13N5O. The molecule has 1 heterocycles. The maximum Gasteiger partial charge on any atom is 0.218 e. The van der Waals surface area contributed by atoms with Crippen molar-refractivity contribution in [2.24, 2.45) is 12.8 Å². The van der Waals surface area contributed by atoms with Gasteiger partial charge >= 0.3 is 0 Å². The summed E-state index contributed by atoms with van der Waals surface area (Å²) in [5, 5.41) is 6.94. The maximum atomic E-state index is 10.4. The molecule has 0 radical (unpaired) electrons. The van der Waals surface area contributed by atoms with Crippen LogP contribution in [0.25, 0.3) is 0 Å². The first-order valence-corrected chi connectivity index (χ1v) is 4.02. The minimum Gasteiger partial charge on any atom is -0.370 e. The minimum atomic E-state index is -0.300. The van der Waals surface area contributed by atoms with Crippen molar-refractivity contribution in [2.45, 2.75) is 13.0 Å². The SMILES string of the molecule is Cn1ncnc1CNCCC(N)=O. The third-order valence-electron chi connectivity index (χ3n) is 1.64. The molecule has 0 unspecified atom stereocenters. The molecule has 0 spiro atoms. The van der Waals surface area contributed by atoms with Crippen molar-refractivity contribution in [2.75, 3.05) is 6.54 Å². The molecule has 0 aromatic carbocycles. The van der Waals surface area contributed by atoms with Crippen LogP contribution in [0.5, 0.6) is 0 Å². The lowest BCUT2D eigenvalue weighted by Gasteiger charge is -2.01. The summed E-state index contributed by atoms with van der Waals surface area (Å²) < 4.78 is 1.68. The molecule has 13 heavy (non-hydrogen) atoms. The van der Waals surface area contributed by atoms with Crippen molar-refractivity contribution in [3.05, 3.63) is 12.2 Å². The Morgan fingerprint density at radius 3 is 3.08 bits per heavy atom. The molecular weight excluding hydrogens is 170 g/mol. The van der Waals surface area contributed by atoms with Gasteiger partial charge in [0.2, 0.25) is 5.91 Å². The number of amides is 1. The van der Waals surface area contributed by atoms with Crippen molar-refractivity contribution >= 4 is 5.91 Å². The second kappa shape index (κ2) is 4.56. The van der Waals surface area contributed by atoms with Crippen LogP contribution in [0.2, 0.25) is 0 Å². The van der Waals surface area contributed by atoms with Crippen molar-refractivity contribution in [1.82, 2.24) is 20.1 Å². The van der Waals surface area contributed by atoms with Crippen molar-refractivity contribution in [1.29, 1.82) is 0 Å². The summed E-state index contributed by atoms with van der Waals surface area (Å²) in [4.78, 5) is 14.4. The summed E-state index contributed by atoms with van der Waals surface area (Å²) in [6.07, 6.45) is 1.84. The standard InChI is InChI=1S/C7H13N5O/c1-12-7(10-5-11-12)4-9-3-2-6(8)13/h5,9H,2-4H2,1H3,(H2,8,13). The Labute approximate surface area is 76.1 Å². The molecule has 0 aliphatic rings. The lowest BCUT2D eigenvalue weighted by Crippen LogP contribution is -2.22. The number of nitrogens with one attached hydrogen (secondary N) is 1. The number of aryl methyl sites for hydroxylation is 1. The maximum absolute atomic E-state index is 10.4. The highest BCUT2D eigenvalue weighted by atomic mass is 16.1. The molecule has 1 aromatic heterocycles. The van der Waals surface area contributed by atoms with Gasteiger partial charge in [0, 0.05) is 20.0 Å². The van der Waals surface area contributed by atoms with Crippen LogP contribution >= 0.6 is 0 Å². The third-order valence-corrected chi connectivity index (χ3v) is 1.64. The van der Waals surface area contributed by atoms with E-state index in [1.807, 2.05) is 7.05 Å². The molecule has 6 heteroatoms. The van der Waals surface area contributed by atoms with Crippen LogP contribution in [0, 0.1) is 0 Å². The van der Waals surface area contributed by atoms with E-state index < -0.39 is 0 Å². The van der Waals surface area contributed by atoms with Gasteiger partial charge in [-0.2, -0.15) is 5.10 Å². The summed E-state index contributed by atoms with van der Waals surface area (Å²) in [6.45, 7) is 1.17. The smallest absolute Gasteiger partial charge is 0.218 e. The van der Waals surface area contributed by atoms with Gasteiger partial charge in [0.15, 0.2) is 0 Å². The van der Waals surface area contributed by atoms with Crippen LogP contribution in [-0.2, 0) is 18.4 Å². The van der Waals surface area contributed by atoms with Crippen LogP contribution < -0.4 is 11.1 Å².